The molecule has 2 aliphatic rings. The van der Waals surface area contributed by atoms with Crippen LogP contribution < -0.4 is 0 Å². The first kappa shape index (κ1) is 12.3. The number of rotatable bonds is 3. The number of hydrogen-bond acceptors (Lipinski definition) is 5. The molecule has 6 heteroatoms. The minimum atomic E-state index is -0.708. The van der Waals surface area contributed by atoms with Crippen molar-refractivity contribution in [1.29, 1.82) is 0 Å². The third-order valence-electron chi connectivity index (χ3n) is 2.84. The third kappa shape index (κ3) is 2.42. The molecule has 0 spiro atoms. The Labute approximate surface area is 99.7 Å². The Morgan fingerprint density at radius 3 is 2.88 bits per heavy atom. The molecule has 0 bridgehead atoms. The maximum Gasteiger partial charge on any atom is 0.312 e. The van der Waals surface area contributed by atoms with Crippen molar-refractivity contribution in [3.8, 4) is 0 Å². The first-order valence-electron chi connectivity index (χ1n) is 5.74. The minimum Gasteiger partial charge on any atom is -0.624 e. The normalized spacial score (nSPS) is 34.3. The van der Waals surface area contributed by atoms with Crippen molar-refractivity contribution in [1.82, 2.24) is 0 Å². The average molecular weight is 243 g/mol. The zero-order valence-corrected chi connectivity index (χ0v) is 10.2. The highest BCUT2D eigenvalue weighted by atomic mass is 16.8. The Morgan fingerprint density at radius 2 is 2.24 bits per heavy atom. The van der Waals surface area contributed by atoms with Crippen LogP contribution in [-0.2, 0) is 19.0 Å². The van der Waals surface area contributed by atoms with Crippen LogP contribution in [0, 0.1) is 5.21 Å². The second-order valence-corrected chi connectivity index (χ2v) is 4.65. The number of hydroxylamine groups is 1. The van der Waals surface area contributed by atoms with E-state index in [9.17, 15) is 10.0 Å². The third-order valence-corrected chi connectivity index (χ3v) is 2.84. The summed E-state index contributed by atoms with van der Waals surface area (Å²) in [5.41, 5.74) is 0. The number of ether oxygens (including phenoxy) is 3. The van der Waals surface area contributed by atoms with E-state index in [4.69, 9.17) is 14.2 Å². The lowest BCUT2D eigenvalue weighted by atomic mass is 10.1. The average Bonchev–Trinajstić information content (AvgIpc) is 2.62. The van der Waals surface area contributed by atoms with Gasteiger partial charge in [0.25, 0.3) is 0 Å². The van der Waals surface area contributed by atoms with Crippen LogP contribution in [0.15, 0.2) is 0 Å². The van der Waals surface area contributed by atoms with Crippen LogP contribution in [0.25, 0.3) is 0 Å². The lowest BCUT2D eigenvalue weighted by Crippen LogP contribution is -2.36. The van der Waals surface area contributed by atoms with Gasteiger partial charge < -0.3 is 19.4 Å². The van der Waals surface area contributed by atoms with Gasteiger partial charge in [-0.25, -0.2) is 4.74 Å². The van der Waals surface area contributed by atoms with E-state index < -0.39 is 17.9 Å². The molecule has 0 unspecified atom stereocenters. The molecule has 2 aliphatic heterocycles. The molecule has 1 fully saturated rings. The highest BCUT2D eigenvalue weighted by Crippen LogP contribution is 2.33. The van der Waals surface area contributed by atoms with E-state index >= 15 is 0 Å². The van der Waals surface area contributed by atoms with E-state index in [-0.39, 0.29) is 18.5 Å². The summed E-state index contributed by atoms with van der Waals surface area (Å²) in [6.45, 7) is 5.62. The predicted molar refractivity (Wildman–Crippen MR) is 58.6 cm³/mol. The van der Waals surface area contributed by atoms with Crippen LogP contribution in [-0.4, -0.2) is 47.6 Å². The molecule has 0 N–H and O–H groups in total. The second kappa shape index (κ2) is 4.27. The highest BCUT2D eigenvalue weighted by molar-refractivity contribution is 5.71. The summed E-state index contributed by atoms with van der Waals surface area (Å²) in [5.74, 6) is -1.10. The molecule has 0 amide bonds. The van der Waals surface area contributed by atoms with Gasteiger partial charge in [-0.15, -0.1) is 0 Å². The van der Waals surface area contributed by atoms with Gasteiger partial charge in [0, 0.05) is 0 Å². The smallest absolute Gasteiger partial charge is 0.312 e. The molecule has 0 saturated carbocycles. The Kier molecular flexibility index (Phi) is 3.09. The van der Waals surface area contributed by atoms with Crippen LogP contribution >= 0.6 is 0 Å². The van der Waals surface area contributed by atoms with E-state index in [2.05, 4.69) is 0 Å². The zero-order valence-electron chi connectivity index (χ0n) is 10.2. The van der Waals surface area contributed by atoms with Gasteiger partial charge in [0.2, 0.25) is 6.04 Å². The van der Waals surface area contributed by atoms with Crippen LogP contribution in [0.3, 0.4) is 0 Å². The first-order chi connectivity index (χ1) is 7.93. The number of nitrogens with zero attached hydrogens (tertiary/aromatic N) is 1. The molecule has 1 saturated heterocycles. The summed E-state index contributed by atoms with van der Waals surface area (Å²) in [5, 5.41) is 11.6. The van der Waals surface area contributed by atoms with Crippen molar-refractivity contribution >= 4 is 12.2 Å². The maximum absolute atomic E-state index is 11.6. The highest BCUT2D eigenvalue weighted by Gasteiger charge is 2.53. The largest absolute Gasteiger partial charge is 0.624 e. The standard InChI is InChI=1S/C11H17NO5/c1-4-15-9(13)5-7-10-8(6-12(7)14)16-11(2,3)17-10/h6-8,10H,4-5H2,1-3H3/t7-,8+,10-/m0/s1. The maximum atomic E-state index is 11.6. The summed E-state index contributed by atoms with van der Waals surface area (Å²) in [4.78, 5) is 11.4. The predicted octanol–water partition coefficient (Wildman–Crippen LogP) is 0.423. The van der Waals surface area contributed by atoms with Crippen molar-refractivity contribution < 1.29 is 23.7 Å². The molecule has 2 heterocycles. The fourth-order valence-electron chi connectivity index (χ4n) is 2.23. The second-order valence-electron chi connectivity index (χ2n) is 4.65. The molecule has 6 nitrogen and oxygen atoms in total. The van der Waals surface area contributed by atoms with E-state index in [1.165, 1.54) is 6.21 Å². The number of carbonyl (C=O) groups is 1. The van der Waals surface area contributed by atoms with Crippen molar-refractivity contribution in [2.24, 2.45) is 0 Å². The summed E-state index contributed by atoms with van der Waals surface area (Å²) < 4.78 is 16.8. The molecule has 96 valence electrons. The van der Waals surface area contributed by atoms with Crippen molar-refractivity contribution in [3.05, 3.63) is 5.21 Å². The first-order valence-corrected chi connectivity index (χ1v) is 5.74. The van der Waals surface area contributed by atoms with E-state index in [0.29, 0.717) is 6.61 Å². The van der Waals surface area contributed by atoms with Crippen LogP contribution in [0.2, 0.25) is 0 Å². The molecule has 0 aromatic carbocycles. The topological polar surface area (TPSA) is 70.8 Å². The van der Waals surface area contributed by atoms with E-state index in [1.54, 1.807) is 20.8 Å². The van der Waals surface area contributed by atoms with E-state index in [1.807, 2.05) is 0 Å². The van der Waals surface area contributed by atoms with Crippen LogP contribution in [0.5, 0.6) is 0 Å². The molecule has 0 aromatic heterocycles. The van der Waals surface area contributed by atoms with Crippen molar-refractivity contribution in [3.63, 3.8) is 0 Å². The van der Waals surface area contributed by atoms with Gasteiger partial charge >= 0.3 is 5.97 Å². The molecule has 0 radical (unpaired) electrons. The van der Waals surface area contributed by atoms with Gasteiger partial charge in [-0.1, -0.05) is 0 Å². The Balaban J connectivity index is 2.03. The molecule has 3 atom stereocenters. The van der Waals surface area contributed by atoms with Crippen molar-refractivity contribution in [2.75, 3.05) is 6.61 Å². The Hall–Kier alpha value is -1.14. The summed E-state index contributed by atoms with van der Waals surface area (Å²) in [6.07, 6.45) is 0.673. The number of carbonyl (C=O) groups excluding carboxylic acids is 1. The quantitative estimate of drug-likeness (QED) is 0.408. The zero-order chi connectivity index (χ0) is 12.6. The lowest BCUT2D eigenvalue weighted by Gasteiger charge is -2.20. The Morgan fingerprint density at radius 1 is 1.53 bits per heavy atom. The molecule has 2 rings (SSSR count). The van der Waals surface area contributed by atoms with Gasteiger partial charge in [-0.2, -0.15) is 0 Å². The van der Waals surface area contributed by atoms with Gasteiger partial charge in [-0.05, 0) is 20.8 Å². The molecule has 17 heavy (non-hydrogen) atoms. The van der Waals surface area contributed by atoms with Crippen molar-refractivity contribution in [2.45, 2.75) is 51.2 Å². The van der Waals surface area contributed by atoms with Gasteiger partial charge in [-0.3, -0.25) is 4.79 Å². The minimum absolute atomic E-state index is 0.0223. The fourth-order valence-corrected chi connectivity index (χ4v) is 2.23. The van der Waals surface area contributed by atoms with Gasteiger partial charge in [0.1, 0.15) is 6.42 Å². The molecule has 0 aliphatic carbocycles. The molecule has 0 aromatic rings. The molecular formula is C11H17NO5. The Bertz CT molecular complexity index is 352. The monoisotopic (exact) mass is 243 g/mol. The van der Waals surface area contributed by atoms with Crippen LogP contribution in [0.4, 0.5) is 0 Å². The van der Waals surface area contributed by atoms with E-state index in [0.717, 1.165) is 4.74 Å². The van der Waals surface area contributed by atoms with Gasteiger partial charge in [0.05, 0.1) is 6.61 Å². The summed E-state index contributed by atoms with van der Waals surface area (Å²) >= 11 is 0. The summed E-state index contributed by atoms with van der Waals surface area (Å²) in [6, 6.07) is -0.555. The van der Waals surface area contributed by atoms with Gasteiger partial charge in [0.15, 0.2) is 24.2 Å². The number of esters is 1. The summed E-state index contributed by atoms with van der Waals surface area (Å²) in [7, 11) is 0. The number of hydrogen-bond donors (Lipinski definition) is 0. The van der Waals surface area contributed by atoms with Crippen LogP contribution in [0.1, 0.15) is 27.2 Å². The fraction of sp³-hybridized carbons (Fsp3) is 0.818. The number of fused-ring (bicyclic) bond motifs is 1. The molecular weight excluding hydrogens is 226 g/mol. The lowest BCUT2D eigenvalue weighted by molar-refractivity contribution is -0.500. The SMILES string of the molecule is CCOC(=O)C[C@H]1[C@@H]2OC(C)(C)O[C@@H]2C=[N+]1[O-].